The molecule has 1 saturated heterocycles. The topological polar surface area (TPSA) is 104 Å². The van der Waals surface area contributed by atoms with Gasteiger partial charge in [0.15, 0.2) is 0 Å². The van der Waals surface area contributed by atoms with Gasteiger partial charge in [0.1, 0.15) is 0 Å². The lowest BCUT2D eigenvalue weighted by molar-refractivity contribution is 0.102. The fraction of sp³-hybridized carbons (Fsp3) is 0.381. The lowest BCUT2D eigenvalue weighted by Crippen LogP contribution is -2.38. The van der Waals surface area contributed by atoms with Crippen LogP contribution < -0.4 is 5.32 Å². The van der Waals surface area contributed by atoms with E-state index in [0.717, 1.165) is 17.1 Å². The van der Waals surface area contributed by atoms with Crippen LogP contribution in [0.25, 0.3) is 0 Å². The molecule has 0 spiro atoms. The van der Waals surface area contributed by atoms with Gasteiger partial charge in [-0.05, 0) is 55.2 Å². The average Bonchev–Trinajstić information content (AvgIpc) is 2.73. The Balaban J connectivity index is 1.87. The van der Waals surface area contributed by atoms with Crippen LogP contribution in [-0.2, 0) is 20.0 Å². The molecule has 3 rings (SSSR count). The van der Waals surface area contributed by atoms with Crippen LogP contribution >= 0.6 is 15.9 Å². The second-order valence-electron chi connectivity index (χ2n) is 8.03. The van der Waals surface area contributed by atoms with Crippen LogP contribution in [0.4, 0.5) is 5.69 Å². The number of carbonyl (C=O) groups excluding carboxylic acids is 1. The summed E-state index contributed by atoms with van der Waals surface area (Å²) >= 11 is 3.30. The van der Waals surface area contributed by atoms with Gasteiger partial charge in [0.2, 0.25) is 20.0 Å². The fourth-order valence-electron chi connectivity index (χ4n) is 3.37. The highest BCUT2D eigenvalue weighted by molar-refractivity contribution is 9.10. The summed E-state index contributed by atoms with van der Waals surface area (Å²) in [4.78, 5) is 12.9. The van der Waals surface area contributed by atoms with Crippen LogP contribution in [0.2, 0.25) is 0 Å². The molecule has 11 heteroatoms. The van der Waals surface area contributed by atoms with E-state index >= 15 is 0 Å². The van der Waals surface area contributed by atoms with Crippen LogP contribution in [0, 0.1) is 5.92 Å². The Morgan fingerprint density at radius 1 is 1.03 bits per heavy atom. The summed E-state index contributed by atoms with van der Waals surface area (Å²) in [6, 6.07) is 10.2. The van der Waals surface area contributed by atoms with Gasteiger partial charge in [-0.1, -0.05) is 28.9 Å². The third-order valence-corrected chi connectivity index (χ3v) is 9.53. The van der Waals surface area contributed by atoms with Crippen LogP contribution in [0.5, 0.6) is 0 Å². The van der Waals surface area contributed by atoms with Crippen molar-refractivity contribution in [3.05, 3.63) is 52.5 Å². The molecule has 0 aromatic heterocycles. The smallest absolute Gasteiger partial charge is 0.255 e. The number of nitrogens with one attached hydrogen (secondary N) is 1. The summed E-state index contributed by atoms with van der Waals surface area (Å²) in [7, 11) is -4.55. The Morgan fingerprint density at radius 3 is 2.31 bits per heavy atom. The summed E-state index contributed by atoms with van der Waals surface area (Å²) < 4.78 is 53.9. The molecule has 0 atom stereocenters. The summed E-state index contributed by atoms with van der Waals surface area (Å²) in [6.07, 6.45) is 1.60. The van der Waals surface area contributed by atoms with E-state index in [2.05, 4.69) is 28.2 Å². The highest BCUT2D eigenvalue weighted by Crippen LogP contribution is 2.27. The molecule has 1 heterocycles. The lowest BCUT2D eigenvalue weighted by atomic mass is 10.0. The molecule has 8 nitrogen and oxygen atoms in total. The molecule has 0 radical (unpaired) electrons. The second-order valence-corrected chi connectivity index (χ2v) is 13.0. The number of hydrogen-bond donors (Lipinski definition) is 1. The fourth-order valence-corrected chi connectivity index (χ4v) is 6.50. The van der Waals surface area contributed by atoms with Crippen molar-refractivity contribution in [2.45, 2.75) is 29.6 Å². The molecule has 2 aromatic carbocycles. The number of anilines is 1. The number of sulfonamides is 2. The van der Waals surface area contributed by atoms with Crippen molar-refractivity contribution in [2.24, 2.45) is 5.92 Å². The number of hydrogen-bond acceptors (Lipinski definition) is 5. The van der Waals surface area contributed by atoms with Crippen molar-refractivity contribution in [1.82, 2.24) is 8.61 Å². The average molecular weight is 544 g/mol. The molecule has 1 amide bonds. The summed E-state index contributed by atoms with van der Waals surface area (Å²) in [6.45, 7) is 3.00. The maximum Gasteiger partial charge on any atom is 0.255 e. The van der Waals surface area contributed by atoms with E-state index in [4.69, 9.17) is 0 Å². The standard InChI is InChI=1S/C21H26BrN3O5S2/c1-15-7-9-25(10-8-15)32(29,30)20-12-16(11-17(22)13-20)21(26)23-18-5-4-6-19(14-18)31(27,28)24(2)3/h4-6,11-15H,7-10H2,1-3H3,(H,23,26). The molecule has 2 aromatic rings. The number of rotatable bonds is 6. The predicted octanol–water partition coefficient (Wildman–Crippen LogP) is 3.37. The molecule has 174 valence electrons. The maximum atomic E-state index is 13.1. The van der Waals surface area contributed by atoms with E-state index in [-0.39, 0.29) is 21.0 Å². The molecule has 0 aliphatic carbocycles. The van der Waals surface area contributed by atoms with Gasteiger partial charge in [0.05, 0.1) is 9.79 Å². The molecule has 0 bridgehead atoms. The van der Waals surface area contributed by atoms with E-state index in [0.29, 0.717) is 23.5 Å². The van der Waals surface area contributed by atoms with Crippen LogP contribution in [-0.4, -0.2) is 58.5 Å². The zero-order chi connectivity index (χ0) is 23.7. The van der Waals surface area contributed by atoms with Gasteiger partial charge in [-0.3, -0.25) is 4.79 Å². The molecule has 0 saturated carbocycles. The number of halogens is 1. The number of benzene rings is 2. The first-order valence-electron chi connectivity index (χ1n) is 10.1. The lowest BCUT2D eigenvalue weighted by Gasteiger charge is -2.29. The minimum absolute atomic E-state index is 0.0375. The number of nitrogens with zero attached hydrogens (tertiary/aromatic N) is 2. The van der Waals surface area contributed by atoms with Gasteiger partial charge in [-0.25, -0.2) is 21.1 Å². The third kappa shape index (κ3) is 5.40. The van der Waals surface area contributed by atoms with Crippen molar-refractivity contribution in [2.75, 3.05) is 32.5 Å². The summed E-state index contributed by atoms with van der Waals surface area (Å²) in [5.41, 5.74) is 0.427. The molecule has 1 N–H and O–H groups in total. The Morgan fingerprint density at radius 2 is 1.69 bits per heavy atom. The summed E-state index contributed by atoms with van der Waals surface area (Å²) in [5.74, 6) is -0.0632. The Hall–Kier alpha value is -1.79. The van der Waals surface area contributed by atoms with Crippen molar-refractivity contribution in [3.8, 4) is 0 Å². The van der Waals surface area contributed by atoms with E-state index in [1.807, 2.05) is 0 Å². The predicted molar refractivity (Wildman–Crippen MR) is 127 cm³/mol. The minimum Gasteiger partial charge on any atom is -0.322 e. The quantitative estimate of drug-likeness (QED) is 0.601. The molecule has 1 aliphatic rings. The zero-order valence-corrected chi connectivity index (χ0v) is 21.3. The Kier molecular flexibility index (Phi) is 7.45. The molecule has 0 unspecified atom stereocenters. The second kappa shape index (κ2) is 9.60. The van der Waals surface area contributed by atoms with Crippen molar-refractivity contribution in [3.63, 3.8) is 0 Å². The van der Waals surface area contributed by atoms with Crippen molar-refractivity contribution < 1.29 is 21.6 Å². The molecular formula is C21H26BrN3O5S2. The molecule has 1 fully saturated rings. The molecule has 1 aliphatic heterocycles. The van der Waals surface area contributed by atoms with Gasteiger partial charge in [0.25, 0.3) is 5.91 Å². The van der Waals surface area contributed by atoms with E-state index in [1.54, 1.807) is 6.07 Å². The maximum absolute atomic E-state index is 13.1. The number of piperidine rings is 1. The summed E-state index contributed by atoms with van der Waals surface area (Å²) in [5, 5.41) is 2.65. The normalized spacial score (nSPS) is 16.3. The first kappa shape index (κ1) is 24.8. The van der Waals surface area contributed by atoms with Crippen molar-refractivity contribution in [1.29, 1.82) is 0 Å². The Labute approximate surface area is 197 Å². The van der Waals surface area contributed by atoms with Crippen LogP contribution in [0.3, 0.4) is 0 Å². The Bertz CT molecular complexity index is 1220. The van der Waals surface area contributed by atoms with Gasteiger partial charge >= 0.3 is 0 Å². The first-order valence-corrected chi connectivity index (χ1v) is 13.7. The minimum atomic E-state index is -3.73. The van der Waals surface area contributed by atoms with Gasteiger partial charge in [-0.2, -0.15) is 4.31 Å². The highest BCUT2D eigenvalue weighted by atomic mass is 79.9. The van der Waals surface area contributed by atoms with Gasteiger partial charge in [-0.15, -0.1) is 0 Å². The van der Waals surface area contributed by atoms with E-state index in [9.17, 15) is 21.6 Å². The zero-order valence-electron chi connectivity index (χ0n) is 18.1. The molecular weight excluding hydrogens is 518 g/mol. The number of carbonyl (C=O) groups is 1. The highest BCUT2D eigenvalue weighted by Gasteiger charge is 2.29. The monoisotopic (exact) mass is 543 g/mol. The van der Waals surface area contributed by atoms with Crippen molar-refractivity contribution >= 4 is 47.6 Å². The largest absolute Gasteiger partial charge is 0.322 e. The first-order chi connectivity index (χ1) is 14.9. The van der Waals surface area contributed by atoms with Gasteiger partial charge in [0, 0.05) is 42.9 Å². The van der Waals surface area contributed by atoms with Gasteiger partial charge < -0.3 is 5.32 Å². The number of amides is 1. The SMILES string of the molecule is CC1CCN(S(=O)(=O)c2cc(Br)cc(C(=O)Nc3cccc(S(=O)(=O)N(C)C)c3)c2)CC1. The molecule has 32 heavy (non-hydrogen) atoms. The third-order valence-electron chi connectivity index (χ3n) is 5.38. The van der Waals surface area contributed by atoms with Crippen LogP contribution in [0.15, 0.2) is 56.7 Å². The van der Waals surface area contributed by atoms with Crippen LogP contribution in [0.1, 0.15) is 30.1 Å². The van der Waals surface area contributed by atoms with E-state index < -0.39 is 26.0 Å². The van der Waals surface area contributed by atoms with E-state index in [1.165, 1.54) is 54.8 Å².